The number of nitrogens with one attached hydrogen (secondary N) is 1. The van der Waals surface area contributed by atoms with Crippen LogP contribution in [0.4, 0.5) is 11.8 Å². The molecule has 0 aliphatic rings. The van der Waals surface area contributed by atoms with Crippen molar-refractivity contribution in [3.63, 3.8) is 0 Å². The molecule has 0 aliphatic carbocycles. The minimum absolute atomic E-state index is 0.0622. The molecule has 0 fully saturated rings. The van der Waals surface area contributed by atoms with Gasteiger partial charge in [-0.1, -0.05) is 24.9 Å². The Morgan fingerprint density at radius 1 is 1.61 bits per heavy atom. The van der Waals surface area contributed by atoms with Crippen molar-refractivity contribution < 1.29 is 9.53 Å². The lowest BCUT2D eigenvalue weighted by Crippen LogP contribution is -2.24. The van der Waals surface area contributed by atoms with Crippen LogP contribution in [0.2, 0.25) is 5.15 Å². The lowest BCUT2D eigenvalue weighted by Gasteiger charge is -2.17. The van der Waals surface area contributed by atoms with Crippen LogP contribution in [0.3, 0.4) is 0 Å². The average Bonchev–Trinajstić information content (AvgIpc) is 2.27. The maximum Gasteiger partial charge on any atom is 0.307 e. The van der Waals surface area contributed by atoms with Crippen LogP contribution in [0, 0.1) is 0 Å². The van der Waals surface area contributed by atoms with Gasteiger partial charge in [0, 0.05) is 12.1 Å². The topological polar surface area (TPSA) is 90.1 Å². The molecule has 0 saturated heterocycles. The van der Waals surface area contributed by atoms with Crippen molar-refractivity contribution in [2.75, 3.05) is 18.2 Å². The number of halogens is 1. The Kier molecular flexibility index (Phi) is 5.64. The van der Waals surface area contributed by atoms with Crippen molar-refractivity contribution >= 4 is 29.3 Å². The molecular formula is C11H17ClN4O2. The Balaban J connectivity index is 2.72. The number of anilines is 2. The maximum atomic E-state index is 11.3. The fourth-order valence-corrected chi connectivity index (χ4v) is 1.77. The van der Waals surface area contributed by atoms with Gasteiger partial charge in [-0.2, -0.15) is 4.98 Å². The highest BCUT2D eigenvalue weighted by Crippen LogP contribution is 2.16. The minimum Gasteiger partial charge on any atom is -0.469 e. The molecule has 1 heterocycles. The van der Waals surface area contributed by atoms with Crippen LogP contribution < -0.4 is 11.1 Å². The molecule has 1 aromatic rings. The first kappa shape index (κ1) is 14.5. The summed E-state index contributed by atoms with van der Waals surface area (Å²) in [6, 6.07) is 1.51. The molecule has 0 spiro atoms. The molecule has 3 N–H and O–H groups in total. The number of esters is 1. The third kappa shape index (κ3) is 4.75. The molecule has 0 radical (unpaired) electrons. The van der Waals surface area contributed by atoms with Gasteiger partial charge in [-0.15, -0.1) is 0 Å². The average molecular weight is 273 g/mol. The predicted molar refractivity (Wildman–Crippen MR) is 70.4 cm³/mol. The molecule has 1 unspecified atom stereocenters. The highest BCUT2D eigenvalue weighted by Gasteiger charge is 2.14. The third-order valence-electron chi connectivity index (χ3n) is 2.34. The van der Waals surface area contributed by atoms with Crippen molar-refractivity contribution in [2.45, 2.75) is 32.2 Å². The van der Waals surface area contributed by atoms with Crippen molar-refractivity contribution in [3.8, 4) is 0 Å². The Morgan fingerprint density at radius 2 is 2.33 bits per heavy atom. The number of carbonyl (C=O) groups excluding carboxylic acids is 1. The van der Waals surface area contributed by atoms with E-state index >= 15 is 0 Å². The van der Waals surface area contributed by atoms with Crippen molar-refractivity contribution in [3.05, 3.63) is 11.2 Å². The van der Waals surface area contributed by atoms with Crippen LogP contribution >= 0.6 is 11.6 Å². The van der Waals surface area contributed by atoms with E-state index in [0.717, 1.165) is 12.8 Å². The highest BCUT2D eigenvalue weighted by atomic mass is 35.5. The minimum atomic E-state index is -0.269. The summed E-state index contributed by atoms with van der Waals surface area (Å²) in [6.45, 7) is 2.03. The standard InChI is InChI=1S/C11H17ClN4O2/c1-3-4-7(5-10(17)18-2)14-9-6-8(12)15-11(13)16-9/h6-7H,3-5H2,1-2H3,(H3,13,14,15,16). The Hall–Kier alpha value is -1.56. The molecule has 1 aromatic heterocycles. The van der Waals surface area contributed by atoms with Gasteiger partial charge in [-0.05, 0) is 6.42 Å². The number of nitrogens with two attached hydrogens (primary N) is 1. The van der Waals surface area contributed by atoms with Crippen LogP contribution in [0.25, 0.3) is 0 Å². The van der Waals surface area contributed by atoms with E-state index in [1.165, 1.54) is 7.11 Å². The normalized spacial score (nSPS) is 11.9. The lowest BCUT2D eigenvalue weighted by atomic mass is 10.1. The predicted octanol–water partition coefficient (Wildman–Crippen LogP) is 1.86. The van der Waals surface area contributed by atoms with E-state index in [4.69, 9.17) is 17.3 Å². The van der Waals surface area contributed by atoms with Crippen LogP contribution in [-0.4, -0.2) is 29.1 Å². The first-order valence-corrected chi connectivity index (χ1v) is 6.06. The number of methoxy groups -OCH3 is 1. The zero-order valence-corrected chi connectivity index (χ0v) is 11.2. The van der Waals surface area contributed by atoms with Gasteiger partial charge in [-0.3, -0.25) is 4.79 Å². The second-order valence-electron chi connectivity index (χ2n) is 3.84. The number of hydrogen-bond donors (Lipinski definition) is 2. The van der Waals surface area contributed by atoms with E-state index in [1.807, 2.05) is 6.92 Å². The van der Waals surface area contributed by atoms with Gasteiger partial charge in [0.05, 0.1) is 13.5 Å². The van der Waals surface area contributed by atoms with E-state index in [2.05, 4.69) is 20.0 Å². The van der Waals surface area contributed by atoms with Gasteiger partial charge < -0.3 is 15.8 Å². The van der Waals surface area contributed by atoms with Crippen molar-refractivity contribution in [1.29, 1.82) is 0 Å². The summed E-state index contributed by atoms with van der Waals surface area (Å²) in [7, 11) is 1.37. The van der Waals surface area contributed by atoms with Gasteiger partial charge in [0.2, 0.25) is 5.95 Å². The zero-order valence-electron chi connectivity index (χ0n) is 10.4. The smallest absolute Gasteiger partial charge is 0.307 e. The number of aromatic nitrogens is 2. The zero-order chi connectivity index (χ0) is 13.5. The monoisotopic (exact) mass is 272 g/mol. The molecule has 0 bridgehead atoms. The first-order valence-electron chi connectivity index (χ1n) is 5.68. The van der Waals surface area contributed by atoms with Gasteiger partial charge >= 0.3 is 5.97 Å². The summed E-state index contributed by atoms with van der Waals surface area (Å²) in [5.74, 6) is 0.335. The molecule has 1 rings (SSSR count). The molecule has 0 saturated carbocycles. The first-order chi connectivity index (χ1) is 8.55. The van der Waals surface area contributed by atoms with E-state index < -0.39 is 0 Å². The summed E-state index contributed by atoms with van der Waals surface area (Å²) in [5, 5.41) is 3.37. The number of rotatable bonds is 6. The second kappa shape index (κ2) is 7.00. The van der Waals surface area contributed by atoms with Crippen LogP contribution in [0.1, 0.15) is 26.2 Å². The summed E-state index contributed by atoms with van der Waals surface area (Å²) in [4.78, 5) is 19.0. The van der Waals surface area contributed by atoms with Gasteiger partial charge in [0.25, 0.3) is 0 Å². The highest BCUT2D eigenvalue weighted by molar-refractivity contribution is 6.29. The Labute approximate surface area is 111 Å². The van der Waals surface area contributed by atoms with E-state index in [0.29, 0.717) is 5.82 Å². The molecule has 0 aromatic carbocycles. The number of nitrogen functional groups attached to an aromatic ring is 1. The summed E-state index contributed by atoms with van der Waals surface area (Å²) >= 11 is 5.78. The number of nitrogens with zero attached hydrogens (tertiary/aromatic N) is 2. The van der Waals surface area contributed by atoms with E-state index in [-0.39, 0.29) is 29.5 Å². The quantitative estimate of drug-likeness (QED) is 0.607. The molecule has 100 valence electrons. The number of hydrogen-bond acceptors (Lipinski definition) is 6. The fourth-order valence-electron chi connectivity index (χ4n) is 1.58. The molecule has 0 amide bonds. The Bertz CT molecular complexity index is 394. The Morgan fingerprint density at radius 3 is 2.89 bits per heavy atom. The number of ether oxygens (including phenoxy) is 1. The molecular weight excluding hydrogens is 256 g/mol. The molecule has 18 heavy (non-hydrogen) atoms. The van der Waals surface area contributed by atoms with Crippen molar-refractivity contribution in [1.82, 2.24) is 9.97 Å². The van der Waals surface area contributed by atoms with E-state index in [1.54, 1.807) is 6.07 Å². The van der Waals surface area contributed by atoms with Gasteiger partial charge in [0.15, 0.2) is 0 Å². The lowest BCUT2D eigenvalue weighted by molar-refractivity contribution is -0.140. The molecule has 0 aliphatic heterocycles. The number of carbonyl (C=O) groups is 1. The maximum absolute atomic E-state index is 11.3. The van der Waals surface area contributed by atoms with Crippen molar-refractivity contribution in [2.24, 2.45) is 0 Å². The SMILES string of the molecule is CCCC(CC(=O)OC)Nc1cc(Cl)nc(N)n1. The third-order valence-corrected chi connectivity index (χ3v) is 2.54. The molecule has 1 atom stereocenters. The van der Waals surface area contributed by atoms with Crippen LogP contribution in [0.15, 0.2) is 6.07 Å². The summed E-state index contributed by atoms with van der Waals surface area (Å²) in [6.07, 6.45) is 2.02. The second-order valence-corrected chi connectivity index (χ2v) is 4.23. The summed E-state index contributed by atoms with van der Waals surface area (Å²) in [5.41, 5.74) is 5.50. The fraction of sp³-hybridized carbons (Fsp3) is 0.545. The van der Waals surface area contributed by atoms with Crippen LogP contribution in [-0.2, 0) is 9.53 Å². The van der Waals surface area contributed by atoms with Crippen LogP contribution in [0.5, 0.6) is 0 Å². The summed E-state index contributed by atoms with van der Waals surface area (Å²) < 4.78 is 4.65. The molecule has 7 heteroatoms. The van der Waals surface area contributed by atoms with E-state index in [9.17, 15) is 4.79 Å². The molecule has 6 nitrogen and oxygen atoms in total. The van der Waals surface area contributed by atoms with Gasteiger partial charge in [-0.25, -0.2) is 4.98 Å². The largest absolute Gasteiger partial charge is 0.469 e. The van der Waals surface area contributed by atoms with Gasteiger partial charge in [0.1, 0.15) is 11.0 Å².